The lowest BCUT2D eigenvalue weighted by molar-refractivity contribution is 0.0837. The van der Waals surface area contributed by atoms with Gasteiger partial charge in [0.2, 0.25) is 0 Å². The summed E-state index contributed by atoms with van der Waals surface area (Å²) in [7, 11) is 3.06. The summed E-state index contributed by atoms with van der Waals surface area (Å²) in [5.41, 5.74) is 0.605. The second-order valence-corrected chi connectivity index (χ2v) is 7.80. The standard InChI is InChI=1S/C21H24FN5O3/c1-24-19-17(20(29)25(2)21(24)30)27(13-23-19)12-11-26-9-7-15(8-10-26)18(28)14-3-5-16(22)6-4-14/h3-6,13,15H,7-12H2,1-2H3. The number of carbonyl (C=O) groups excluding carboxylic acids is 1. The molecule has 8 nitrogen and oxygen atoms in total. The van der Waals surface area contributed by atoms with E-state index in [1.165, 1.54) is 23.7 Å². The molecule has 30 heavy (non-hydrogen) atoms. The second-order valence-electron chi connectivity index (χ2n) is 7.80. The number of nitrogens with zero attached hydrogens (tertiary/aromatic N) is 5. The number of Topliss-reactive ketones (excluding diaryl/α,β-unsaturated/α-hetero) is 1. The summed E-state index contributed by atoms with van der Waals surface area (Å²) in [6, 6.07) is 5.72. The number of hydrogen-bond acceptors (Lipinski definition) is 5. The van der Waals surface area contributed by atoms with Crippen LogP contribution in [-0.2, 0) is 20.6 Å². The van der Waals surface area contributed by atoms with Crippen molar-refractivity contribution in [3.63, 3.8) is 0 Å². The number of benzene rings is 1. The molecule has 0 bridgehead atoms. The Morgan fingerprint density at radius 3 is 2.40 bits per heavy atom. The van der Waals surface area contributed by atoms with Gasteiger partial charge in [-0.1, -0.05) is 0 Å². The topological polar surface area (TPSA) is 82.1 Å². The van der Waals surface area contributed by atoms with Gasteiger partial charge >= 0.3 is 5.69 Å². The van der Waals surface area contributed by atoms with Crippen molar-refractivity contribution < 1.29 is 9.18 Å². The fourth-order valence-electron chi connectivity index (χ4n) is 4.08. The minimum Gasteiger partial charge on any atom is -0.323 e. The van der Waals surface area contributed by atoms with E-state index in [1.807, 2.05) is 0 Å². The van der Waals surface area contributed by atoms with Crippen LogP contribution in [0.2, 0.25) is 0 Å². The van der Waals surface area contributed by atoms with Crippen LogP contribution in [0.5, 0.6) is 0 Å². The van der Waals surface area contributed by atoms with Crippen LogP contribution < -0.4 is 11.2 Å². The molecule has 1 saturated heterocycles. The van der Waals surface area contributed by atoms with Crippen LogP contribution in [-0.4, -0.2) is 49.0 Å². The molecule has 0 aliphatic carbocycles. The molecule has 3 aromatic rings. The summed E-state index contributed by atoms with van der Waals surface area (Å²) in [4.78, 5) is 43.7. The van der Waals surface area contributed by atoms with Crippen molar-refractivity contribution in [1.82, 2.24) is 23.6 Å². The highest BCUT2D eigenvalue weighted by molar-refractivity contribution is 5.97. The van der Waals surface area contributed by atoms with Crippen LogP contribution >= 0.6 is 0 Å². The second kappa shape index (κ2) is 7.98. The normalized spacial score (nSPS) is 15.7. The Labute approximate surface area is 172 Å². The molecule has 1 aliphatic rings. The summed E-state index contributed by atoms with van der Waals surface area (Å²) < 4.78 is 17.3. The van der Waals surface area contributed by atoms with Crippen LogP contribution in [0, 0.1) is 11.7 Å². The zero-order chi connectivity index (χ0) is 21.4. The largest absolute Gasteiger partial charge is 0.332 e. The average Bonchev–Trinajstić information content (AvgIpc) is 3.19. The van der Waals surface area contributed by atoms with E-state index in [0.717, 1.165) is 37.0 Å². The van der Waals surface area contributed by atoms with Crippen molar-refractivity contribution in [1.29, 1.82) is 0 Å². The summed E-state index contributed by atoms with van der Waals surface area (Å²) in [5, 5.41) is 0. The minimum atomic E-state index is -0.398. The third kappa shape index (κ3) is 3.60. The predicted octanol–water partition coefficient (Wildman–Crippen LogP) is 1.17. The SMILES string of the molecule is Cn1c(=O)c2c(ncn2CCN2CCC(C(=O)c3ccc(F)cc3)CC2)n(C)c1=O. The van der Waals surface area contributed by atoms with Gasteiger partial charge in [-0.05, 0) is 50.2 Å². The molecule has 0 spiro atoms. The van der Waals surface area contributed by atoms with E-state index in [4.69, 9.17) is 0 Å². The highest BCUT2D eigenvalue weighted by Gasteiger charge is 2.26. The smallest absolute Gasteiger partial charge is 0.323 e. The van der Waals surface area contributed by atoms with Crippen LogP contribution in [0.15, 0.2) is 40.2 Å². The third-order valence-electron chi connectivity index (χ3n) is 5.96. The van der Waals surface area contributed by atoms with Gasteiger partial charge in [0.15, 0.2) is 16.9 Å². The van der Waals surface area contributed by atoms with Crippen molar-refractivity contribution in [2.24, 2.45) is 20.0 Å². The van der Waals surface area contributed by atoms with Gasteiger partial charge < -0.3 is 9.47 Å². The molecule has 3 heterocycles. The number of aryl methyl sites for hydroxylation is 1. The zero-order valence-corrected chi connectivity index (χ0v) is 17.0. The number of imidazole rings is 1. The van der Waals surface area contributed by atoms with Crippen LogP contribution in [0.1, 0.15) is 23.2 Å². The Morgan fingerprint density at radius 2 is 1.73 bits per heavy atom. The number of likely N-dealkylation sites (tertiary alicyclic amines) is 1. The fourth-order valence-corrected chi connectivity index (χ4v) is 4.08. The molecule has 1 fully saturated rings. The molecule has 0 saturated carbocycles. The van der Waals surface area contributed by atoms with Gasteiger partial charge in [-0.15, -0.1) is 0 Å². The molecule has 1 aliphatic heterocycles. The molecule has 2 aromatic heterocycles. The lowest BCUT2D eigenvalue weighted by Gasteiger charge is -2.31. The Kier molecular flexibility index (Phi) is 5.38. The number of fused-ring (bicyclic) bond motifs is 1. The molecule has 0 amide bonds. The van der Waals surface area contributed by atoms with E-state index < -0.39 is 5.69 Å². The summed E-state index contributed by atoms with van der Waals surface area (Å²) in [5.74, 6) is -0.328. The molecule has 0 radical (unpaired) electrons. The molecule has 0 unspecified atom stereocenters. The number of ketones is 1. The monoisotopic (exact) mass is 413 g/mol. The number of halogens is 1. The van der Waals surface area contributed by atoms with Crippen LogP contribution in [0.25, 0.3) is 11.2 Å². The van der Waals surface area contributed by atoms with Gasteiger partial charge in [0.25, 0.3) is 5.56 Å². The van der Waals surface area contributed by atoms with Crippen molar-refractivity contribution >= 4 is 16.9 Å². The molecular weight excluding hydrogens is 389 g/mol. The Hall–Kier alpha value is -3.07. The van der Waals surface area contributed by atoms with E-state index in [9.17, 15) is 18.8 Å². The first kappa shape index (κ1) is 20.2. The zero-order valence-electron chi connectivity index (χ0n) is 17.0. The first-order valence-electron chi connectivity index (χ1n) is 10.00. The Morgan fingerprint density at radius 1 is 1.07 bits per heavy atom. The molecule has 1 aromatic carbocycles. The van der Waals surface area contributed by atoms with Gasteiger partial charge in [-0.2, -0.15) is 0 Å². The Bertz CT molecular complexity index is 1200. The van der Waals surface area contributed by atoms with E-state index in [1.54, 1.807) is 30.1 Å². The third-order valence-corrected chi connectivity index (χ3v) is 5.96. The van der Waals surface area contributed by atoms with Crippen LogP contribution in [0.3, 0.4) is 0 Å². The molecule has 0 atom stereocenters. The quantitative estimate of drug-likeness (QED) is 0.587. The van der Waals surface area contributed by atoms with E-state index in [-0.39, 0.29) is 23.1 Å². The Balaban J connectivity index is 1.40. The maximum Gasteiger partial charge on any atom is 0.332 e. The van der Waals surface area contributed by atoms with Gasteiger partial charge in [0, 0.05) is 38.7 Å². The minimum absolute atomic E-state index is 0.0531. The maximum atomic E-state index is 13.1. The highest BCUT2D eigenvalue weighted by Crippen LogP contribution is 2.22. The first-order valence-corrected chi connectivity index (χ1v) is 10.00. The molecule has 4 rings (SSSR count). The van der Waals surface area contributed by atoms with E-state index >= 15 is 0 Å². The highest BCUT2D eigenvalue weighted by atomic mass is 19.1. The van der Waals surface area contributed by atoms with Crippen molar-refractivity contribution in [3.05, 3.63) is 62.8 Å². The maximum absolute atomic E-state index is 13.1. The number of piperidine rings is 1. The van der Waals surface area contributed by atoms with E-state index in [2.05, 4.69) is 9.88 Å². The number of rotatable bonds is 5. The van der Waals surface area contributed by atoms with Crippen molar-refractivity contribution in [2.45, 2.75) is 19.4 Å². The van der Waals surface area contributed by atoms with Gasteiger partial charge in [-0.25, -0.2) is 14.2 Å². The number of hydrogen-bond donors (Lipinski definition) is 0. The number of aromatic nitrogens is 4. The predicted molar refractivity (Wildman–Crippen MR) is 110 cm³/mol. The summed E-state index contributed by atoms with van der Waals surface area (Å²) in [6.07, 6.45) is 3.09. The van der Waals surface area contributed by atoms with Crippen LogP contribution in [0.4, 0.5) is 4.39 Å². The molecule has 0 N–H and O–H groups in total. The van der Waals surface area contributed by atoms with Gasteiger partial charge in [0.05, 0.1) is 6.33 Å². The van der Waals surface area contributed by atoms with Gasteiger partial charge in [0.1, 0.15) is 5.82 Å². The van der Waals surface area contributed by atoms with Crippen molar-refractivity contribution in [3.8, 4) is 0 Å². The van der Waals surface area contributed by atoms with Gasteiger partial charge in [-0.3, -0.25) is 18.7 Å². The molecule has 9 heteroatoms. The molecular formula is C21H24FN5O3. The van der Waals surface area contributed by atoms with Crippen molar-refractivity contribution in [2.75, 3.05) is 19.6 Å². The fraction of sp³-hybridized carbons (Fsp3) is 0.429. The first-order chi connectivity index (χ1) is 14.4. The lowest BCUT2D eigenvalue weighted by atomic mass is 9.89. The average molecular weight is 413 g/mol. The molecule has 158 valence electrons. The van der Waals surface area contributed by atoms with E-state index in [0.29, 0.717) is 23.3 Å². The lowest BCUT2D eigenvalue weighted by Crippen LogP contribution is -2.39. The summed E-state index contributed by atoms with van der Waals surface area (Å²) in [6.45, 7) is 2.84. The number of carbonyl (C=O) groups is 1. The summed E-state index contributed by atoms with van der Waals surface area (Å²) >= 11 is 0.